The lowest BCUT2D eigenvalue weighted by Crippen LogP contribution is -2.29. The van der Waals surface area contributed by atoms with Gasteiger partial charge in [-0.3, -0.25) is 4.79 Å². The number of nitrogens with one attached hydrogen (secondary N) is 2. The van der Waals surface area contributed by atoms with Gasteiger partial charge in [0.05, 0.1) is 11.8 Å². The summed E-state index contributed by atoms with van der Waals surface area (Å²) < 4.78 is 42.6. The summed E-state index contributed by atoms with van der Waals surface area (Å²) in [5.41, 5.74) is 0.246. The van der Waals surface area contributed by atoms with E-state index in [1.807, 2.05) is 0 Å². The molecule has 7 nitrogen and oxygen atoms in total. The highest BCUT2D eigenvalue weighted by molar-refractivity contribution is 7.88. The standard InChI is InChI=1S/C14H16FN3O4S/c1-23(20,21)17-8-4-7-16-14(19)12-9-13(22-18-12)10-5-2-3-6-11(10)15/h2-3,5-6,9,17H,4,7-8H2,1H3,(H,16,19). The molecule has 0 saturated carbocycles. The van der Waals surface area contributed by atoms with Crippen LogP contribution in [0.15, 0.2) is 34.9 Å². The molecule has 0 aliphatic heterocycles. The minimum Gasteiger partial charge on any atom is -0.355 e. The van der Waals surface area contributed by atoms with E-state index in [9.17, 15) is 17.6 Å². The Kier molecular flexibility index (Phi) is 5.45. The minimum absolute atomic E-state index is 0.0272. The summed E-state index contributed by atoms with van der Waals surface area (Å²) in [7, 11) is -3.23. The molecule has 1 heterocycles. The van der Waals surface area contributed by atoms with Crippen molar-refractivity contribution >= 4 is 15.9 Å². The molecule has 0 radical (unpaired) electrons. The van der Waals surface area contributed by atoms with Crippen LogP contribution in [0, 0.1) is 5.82 Å². The van der Waals surface area contributed by atoms with Crippen molar-refractivity contribution in [3.05, 3.63) is 41.8 Å². The van der Waals surface area contributed by atoms with Crippen molar-refractivity contribution in [2.45, 2.75) is 6.42 Å². The predicted octanol–water partition coefficient (Wildman–Crippen LogP) is 1.15. The van der Waals surface area contributed by atoms with Crippen LogP contribution in [0.2, 0.25) is 0 Å². The molecule has 2 rings (SSSR count). The fourth-order valence-corrected chi connectivity index (χ4v) is 2.32. The predicted molar refractivity (Wildman–Crippen MR) is 81.7 cm³/mol. The zero-order valence-corrected chi connectivity index (χ0v) is 13.2. The Morgan fingerprint density at radius 3 is 2.74 bits per heavy atom. The number of carbonyl (C=O) groups excluding carboxylic acids is 1. The lowest BCUT2D eigenvalue weighted by molar-refractivity contribution is 0.0944. The molecule has 2 aromatic rings. The summed E-state index contributed by atoms with van der Waals surface area (Å²) in [6, 6.07) is 7.35. The molecular formula is C14H16FN3O4S. The lowest BCUT2D eigenvalue weighted by atomic mass is 10.1. The highest BCUT2D eigenvalue weighted by Gasteiger charge is 2.15. The molecule has 0 unspecified atom stereocenters. The summed E-state index contributed by atoms with van der Waals surface area (Å²) in [6.45, 7) is 0.488. The average Bonchev–Trinajstić information content (AvgIpc) is 2.95. The van der Waals surface area contributed by atoms with Gasteiger partial charge in [-0.05, 0) is 18.6 Å². The van der Waals surface area contributed by atoms with Crippen LogP contribution in [0.4, 0.5) is 4.39 Å². The first-order chi connectivity index (χ1) is 10.9. The Labute approximate surface area is 132 Å². The van der Waals surface area contributed by atoms with E-state index in [0.717, 1.165) is 6.26 Å². The molecule has 9 heteroatoms. The van der Waals surface area contributed by atoms with E-state index >= 15 is 0 Å². The van der Waals surface area contributed by atoms with E-state index in [0.29, 0.717) is 6.42 Å². The average molecular weight is 341 g/mol. The molecule has 0 bridgehead atoms. The Hall–Kier alpha value is -2.26. The number of carbonyl (C=O) groups is 1. The van der Waals surface area contributed by atoms with Crippen LogP contribution in [0.1, 0.15) is 16.9 Å². The SMILES string of the molecule is CS(=O)(=O)NCCCNC(=O)c1cc(-c2ccccc2F)on1. The van der Waals surface area contributed by atoms with Crippen molar-refractivity contribution in [1.29, 1.82) is 0 Å². The summed E-state index contributed by atoms with van der Waals surface area (Å²) >= 11 is 0. The first kappa shape index (κ1) is 17.1. The fraction of sp³-hybridized carbons (Fsp3) is 0.286. The van der Waals surface area contributed by atoms with Gasteiger partial charge < -0.3 is 9.84 Å². The molecule has 23 heavy (non-hydrogen) atoms. The molecule has 124 valence electrons. The van der Waals surface area contributed by atoms with Crippen molar-refractivity contribution in [2.75, 3.05) is 19.3 Å². The maximum Gasteiger partial charge on any atom is 0.273 e. The maximum absolute atomic E-state index is 13.6. The van der Waals surface area contributed by atoms with E-state index < -0.39 is 21.7 Å². The summed E-state index contributed by atoms with van der Waals surface area (Å²) in [5, 5.41) is 6.18. The van der Waals surface area contributed by atoms with Crippen LogP contribution in [-0.4, -0.2) is 38.8 Å². The van der Waals surface area contributed by atoms with Gasteiger partial charge in [0.2, 0.25) is 10.0 Å². The summed E-state index contributed by atoms with van der Waals surface area (Å²) in [6.07, 6.45) is 1.49. The van der Waals surface area contributed by atoms with Gasteiger partial charge in [0.1, 0.15) is 5.82 Å². The van der Waals surface area contributed by atoms with Crippen LogP contribution >= 0.6 is 0 Å². The Bertz CT molecular complexity index is 789. The highest BCUT2D eigenvalue weighted by Crippen LogP contribution is 2.23. The molecule has 0 aliphatic rings. The largest absolute Gasteiger partial charge is 0.355 e. The smallest absolute Gasteiger partial charge is 0.273 e. The quantitative estimate of drug-likeness (QED) is 0.736. The van der Waals surface area contributed by atoms with Crippen LogP contribution < -0.4 is 10.0 Å². The van der Waals surface area contributed by atoms with E-state index in [1.54, 1.807) is 12.1 Å². The van der Waals surface area contributed by atoms with E-state index in [1.165, 1.54) is 18.2 Å². The molecular weight excluding hydrogens is 325 g/mol. The third kappa shape index (κ3) is 5.15. The monoisotopic (exact) mass is 341 g/mol. The third-order valence-corrected chi connectivity index (χ3v) is 3.61. The number of nitrogens with zero attached hydrogens (tertiary/aromatic N) is 1. The summed E-state index contributed by atoms with van der Waals surface area (Å²) in [4.78, 5) is 11.9. The van der Waals surface area contributed by atoms with Crippen LogP contribution in [0.25, 0.3) is 11.3 Å². The first-order valence-corrected chi connectivity index (χ1v) is 8.70. The van der Waals surface area contributed by atoms with Gasteiger partial charge >= 0.3 is 0 Å². The molecule has 0 fully saturated rings. The van der Waals surface area contributed by atoms with Gasteiger partial charge in [-0.2, -0.15) is 0 Å². The third-order valence-electron chi connectivity index (χ3n) is 2.89. The van der Waals surface area contributed by atoms with Crippen molar-refractivity contribution in [2.24, 2.45) is 0 Å². The zero-order valence-electron chi connectivity index (χ0n) is 12.4. The topological polar surface area (TPSA) is 101 Å². The van der Waals surface area contributed by atoms with Gasteiger partial charge in [0, 0.05) is 19.2 Å². The van der Waals surface area contributed by atoms with Crippen molar-refractivity contribution in [3.8, 4) is 11.3 Å². The second-order valence-electron chi connectivity index (χ2n) is 4.83. The van der Waals surface area contributed by atoms with Crippen molar-refractivity contribution in [3.63, 3.8) is 0 Å². The van der Waals surface area contributed by atoms with Gasteiger partial charge in [-0.1, -0.05) is 17.3 Å². The Morgan fingerprint density at radius 1 is 1.30 bits per heavy atom. The van der Waals surface area contributed by atoms with Gasteiger partial charge in [0.25, 0.3) is 5.91 Å². The van der Waals surface area contributed by atoms with Crippen LogP contribution in [0.3, 0.4) is 0 Å². The van der Waals surface area contributed by atoms with E-state index in [-0.39, 0.29) is 30.1 Å². The number of sulfonamides is 1. The fourth-order valence-electron chi connectivity index (χ4n) is 1.81. The second-order valence-corrected chi connectivity index (χ2v) is 6.67. The Balaban J connectivity index is 1.88. The lowest BCUT2D eigenvalue weighted by Gasteiger charge is -2.03. The number of hydrogen-bond acceptors (Lipinski definition) is 5. The minimum atomic E-state index is -3.23. The number of amides is 1. The molecule has 0 saturated heterocycles. The zero-order chi connectivity index (χ0) is 16.9. The first-order valence-electron chi connectivity index (χ1n) is 6.81. The number of aromatic nitrogens is 1. The molecule has 0 atom stereocenters. The molecule has 0 aliphatic carbocycles. The van der Waals surface area contributed by atoms with Crippen LogP contribution in [0.5, 0.6) is 0 Å². The second kappa shape index (κ2) is 7.34. The van der Waals surface area contributed by atoms with Crippen molar-refractivity contribution < 1.29 is 22.1 Å². The molecule has 1 aromatic carbocycles. The van der Waals surface area contributed by atoms with Gasteiger partial charge in [-0.15, -0.1) is 0 Å². The number of benzene rings is 1. The highest BCUT2D eigenvalue weighted by atomic mass is 32.2. The van der Waals surface area contributed by atoms with E-state index in [2.05, 4.69) is 15.2 Å². The normalized spacial score (nSPS) is 11.4. The van der Waals surface area contributed by atoms with E-state index in [4.69, 9.17) is 4.52 Å². The Morgan fingerprint density at radius 2 is 2.04 bits per heavy atom. The molecule has 1 amide bonds. The van der Waals surface area contributed by atoms with Gasteiger partial charge in [0.15, 0.2) is 11.5 Å². The number of halogens is 1. The maximum atomic E-state index is 13.6. The molecule has 2 N–H and O–H groups in total. The number of hydrogen-bond donors (Lipinski definition) is 2. The summed E-state index contributed by atoms with van der Waals surface area (Å²) in [5.74, 6) is -0.787. The van der Waals surface area contributed by atoms with Crippen molar-refractivity contribution in [1.82, 2.24) is 15.2 Å². The molecule has 0 spiro atoms. The number of rotatable bonds is 7. The van der Waals surface area contributed by atoms with Crippen LogP contribution in [-0.2, 0) is 10.0 Å². The van der Waals surface area contributed by atoms with Gasteiger partial charge in [-0.25, -0.2) is 17.5 Å². The molecule has 1 aromatic heterocycles.